The normalized spacial score (nSPS) is 17.0. The summed E-state index contributed by atoms with van der Waals surface area (Å²) < 4.78 is 5.67. The van der Waals surface area contributed by atoms with Crippen LogP contribution >= 0.6 is 11.6 Å². The van der Waals surface area contributed by atoms with Crippen molar-refractivity contribution in [2.24, 2.45) is 4.99 Å². The predicted molar refractivity (Wildman–Crippen MR) is 143 cm³/mol. The molecular formula is C26H36ClN5O2. The fourth-order valence-corrected chi connectivity index (χ4v) is 4.46. The van der Waals surface area contributed by atoms with Gasteiger partial charge in [0.15, 0.2) is 0 Å². The van der Waals surface area contributed by atoms with Crippen molar-refractivity contribution in [3.63, 3.8) is 0 Å². The Hall–Kier alpha value is -2.77. The van der Waals surface area contributed by atoms with Crippen LogP contribution in [-0.2, 0) is 4.79 Å². The highest BCUT2D eigenvalue weighted by atomic mass is 35.5. The highest BCUT2D eigenvalue weighted by molar-refractivity contribution is 6.39. The number of aliphatic imine (C=N–C) groups is 1. The lowest BCUT2D eigenvalue weighted by atomic mass is 10.0. The zero-order valence-corrected chi connectivity index (χ0v) is 21.2. The number of nitrogens with zero attached hydrogens (tertiary/aromatic N) is 3. The maximum absolute atomic E-state index is 12.2. The molecule has 2 aliphatic rings. The lowest BCUT2D eigenvalue weighted by Gasteiger charge is -2.38. The molecule has 0 saturated carbocycles. The number of methoxy groups -OCH3 is 1. The molecule has 1 aromatic rings. The van der Waals surface area contributed by atoms with E-state index in [9.17, 15) is 4.79 Å². The average molecular weight is 486 g/mol. The van der Waals surface area contributed by atoms with Crippen molar-refractivity contribution in [2.75, 3.05) is 48.8 Å². The summed E-state index contributed by atoms with van der Waals surface area (Å²) in [4.78, 5) is 21.4. The van der Waals surface area contributed by atoms with E-state index in [4.69, 9.17) is 16.3 Å². The monoisotopic (exact) mass is 485 g/mol. The minimum absolute atomic E-state index is 0.267. The number of amides is 1. The summed E-state index contributed by atoms with van der Waals surface area (Å²) in [7, 11) is 1.62. The number of allylic oxidation sites excluding steroid dienone is 2. The Balaban J connectivity index is 1.83. The Morgan fingerprint density at radius 3 is 2.41 bits per heavy atom. The van der Waals surface area contributed by atoms with Crippen LogP contribution in [0.2, 0.25) is 0 Å². The highest BCUT2D eigenvalue weighted by Gasteiger charge is 2.28. The summed E-state index contributed by atoms with van der Waals surface area (Å²) in [6, 6.07) is 4.45. The van der Waals surface area contributed by atoms with E-state index in [1.165, 1.54) is 32.0 Å². The van der Waals surface area contributed by atoms with Gasteiger partial charge in [-0.05, 0) is 64.8 Å². The van der Waals surface area contributed by atoms with Crippen molar-refractivity contribution in [1.82, 2.24) is 4.90 Å². The quantitative estimate of drug-likeness (QED) is 0.363. The molecule has 2 aliphatic heterocycles. The van der Waals surface area contributed by atoms with E-state index in [-0.39, 0.29) is 5.91 Å². The molecule has 0 atom stereocenters. The van der Waals surface area contributed by atoms with E-state index in [0.29, 0.717) is 34.0 Å². The van der Waals surface area contributed by atoms with Gasteiger partial charge in [0.2, 0.25) is 5.91 Å². The van der Waals surface area contributed by atoms with Gasteiger partial charge in [-0.1, -0.05) is 30.3 Å². The molecule has 0 unspecified atom stereocenters. The minimum Gasteiger partial charge on any atom is -0.494 e. The van der Waals surface area contributed by atoms with Gasteiger partial charge in [0, 0.05) is 31.4 Å². The van der Waals surface area contributed by atoms with Gasteiger partial charge in [0.1, 0.15) is 11.6 Å². The Bertz CT molecular complexity index is 970. The number of hydrogen-bond donors (Lipinski definition) is 2. The number of nitrogens with one attached hydrogen (secondary N) is 2. The lowest BCUT2D eigenvalue weighted by molar-refractivity contribution is -0.111. The van der Waals surface area contributed by atoms with Gasteiger partial charge in [-0.2, -0.15) is 0 Å². The summed E-state index contributed by atoms with van der Waals surface area (Å²) in [6.07, 6.45) is 7.64. The van der Waals surface area contributed by atoms with Crippen molar-refractivity contribution < 1.29 is 9.53 Å². The summed E-state index contributed by atoms with van der Waals surface area (Å²) in [5.74, 6) is 0.771. The second-order valence-corrected chi connectivity index (χ2v) is 9.31. The minimum atomic E-state index is -0.267. The second kappa shape index (κ2) is 12.1. The maximum atomic E-state index is 12.2. The van der Waals surface area contributed by atoms with Crippen LogP contribution < -0.4 is 20.3 Å². The standard InChI is InChI=1S/C26H36ClN5O2/c1-6-26(33)30-22-15-23(29-19(4)28-17-21(27)18(2)3)25(34-5)16-24(22)32-13-9-20(10-14-32)31-11-7-8-12-31/h6,15-17,20,29H,1,4,7-14H2,2-3,5H3,(H,30,33)/b28-17-. The summed E-state index contributed by atoms with van der Waals surface area (Å²) >= 11 is 6.15. The molecule has 2 N–H and O–H groups in total. The molecule has 1 aromatic carbocycles. The molecule has 7 nitrogen and oxygen atoms in total. The van der Waals surface area contributed by atoms with Crippen molar-refractivity contribution >= 4 is 40.8 Å². The predicted octanol–water partition coefficient (Wildman–Crippen LogP) is 5.37. The highest BCUT2D eigenvalue weighted by Crippen LogP contribution is 2.39. The Morgan fingerprint density at radius 2 is 1.82 bits per heavy atom. The lowest BCUT2D eigenvalue weighted by Crippen LogP contribution is -2.44. The first kappa shape index (κ1) is 25.8. The molecule has 0 radical (unpaired) electrons. The molecule has 0 bridgehead atoms. The molecule has 0 aliphatic carbocycles. The van der Waals surface area contributed by atoms with Crippen LogP contribution in [0.15, 0.2) is 52.8 Å². The van der Waals surface area contributed by atoms with Crippen LogP contribution in [0, 0.1) is 0 Å². The maximum Gasteiger partial charge on any atom is 0.247 e. The second-order valence-electron chi connectivity index (χ2n) is 8.90. The number of piperidine rings is 1. The van der Waals surface area contributed by atoms with Gasteiger partial charge in [-0.3, -0.25) is 4.79 Å². The number of halogens is 1. The first-order chi connectivity index (χ1) is 16.3. The van der Waals surface area contributed by atoms with Crippen LogP contribution in [0.3, 0.4) is 0 Å². The number of carbonyl (C=O) groups is 1. The van der Waals surface area contributed by atoms with E-state index < -0.39 is 0 Å². The van der Waals surface area contributed by atoms with Gasteiger partial charge in [-0.25, -0.2) is 4.99 Å². The summed E-state index contributed by atoms with van der Waals surface area (Å²) in [5, 5.41) is 6.67. The van der Waals surface area contributed by atoms with Crippen molar-refractivity contribution in [2.45, 2.75) is 45.6 Å². The van der Waals surface area contributed by atoms with Crippen LogP contribution in [-0.4, -0.2) is 56.4 Å². The smallest absolute Gasteiger partial charge is 0.247 e. The van der Waals surface area contributed by atoms with Gasteiger partial charge in [0.25, 0.3) is 0 Å². The molecule has 184 valence electrons. The van der Waals surface area contributed by atoms with Gasteiger partial charge in [0.05, 0.1) is 29.2 Å². The SMILES string of the molecule is C=CC(=O)Nc1cc(NC(=C)/N=C\C(Cl)=C(C)C)c(OC)cc1N1CCC(N2CCCC2)CC1. The third-order valence-electron chi connectivity index (χ3n) is 6.31. The van der Waals surface area contributed by atoms with Crippen LogP contribution in [0.1, 0.15) is 39.5 Å². The van der Waals surface area contributed by atoms with Crippen molar-refractivity contribution in [3.05, 3.63) is 47.8 Å². The van der Waals surface area contributed by atoms with Crippen molar-refractivity contribution in [3.8, 4) is 5.75 Å². The molecule has 2 fully saturated rings. The van der Waals surface area contributed by atoms with Crippen LogP contribution in [0.4, 0.5) is 17.1 Å². The van der Waals surface area contributed by atoms with Gasteiger partial charge < -0.3 is 25.2 Å². The first-order valence-electron chi connectivity index (χ1n) is 11.8. The zero-order chi connectivity index (χ0) is 24.7. The van der Waals surface area contributed by atoms with Crippen molar-refractivity contribution in [1.29, 1.82) is 0 Å². The van der Waals surface area contributed by atoms with E-state index >= 15 is 0 Å². The topological polar surface area (TPSA) is 69.2 Å². The summed E-state index contributed by atoms with van der Waals surface area (Å²) in [6.45, 7) is 15.6. The van der Waals surface area contributed by atoms with Crippen LogP contribution in [0.5, 0.6) is 5.75 Å². The van der Waals surface area contributed by atoms with Gasteiger partial charge in [-0.15, -0.1) is 0 Å². The number of rotatable bonds is 9. The number of ether oxygens (including phenoxy) is 1. The molecule has 8 heteroatoms. The molecule has 34 heavy (non-hydrogen) atoms. The third kappa shape index (κ3) is 6.64. The third-order valence-corrected chi connectivity index (χ3v) is 6.79. The fourth-order valence-electron chi connectivity index (χ4n) is 4.41. The van der Waals surface area contributed by atoms with E-state index in [1.54, 1.807) is 13.3 Å². The molecule has 2 saturated heterocycles. The van der Waals surface area contributed by atoms with Gasteiger partial charge >= 0.3 is 0 Å². The molecule has 3 rings (SSSR count). The molecule has 0 spiro atoms. The number of anilines is 3. The van der Waals surface area contributed by atoms with E-state index in [0.717, 1.165) is 37.2 Å². The molecular weight excluding hydrogens is 450 g/mol. The Kier molecular flexibility index (Phi) is 9.19. The number of hydrogen-bond acceptors (Lipinski definition) is 6. The molecule has 0 aromatic heterocycles. The number of likely N-dealkylation sites (tertiary alicyclic amines) is 1. The number of benzene rings is 1. The molecule has 2 heterocycles. The average Bonchev–Trinajstić information content (AvgIpc) is 3.37. The van der Waals surface area contributed by atoms with E-state index in [1.807, 2.05) is 26.0 Å². The van der Waals surface area contributed by atoms with E-state index in [2.05, 4.69) is 38.6 Å². The van der Waals surface area contributed by atoms with Crippen LogP contribution in [0.25, 0.3) is 0 Å². The first-order valence-corrected chi connectivity index (χ1v) is 12.2. The largest absolute Gasteiger partial charge is 0.494 e. The molecule has 1 amide bonds. The summed E-state index contributed by atoms with van der Waals surface area (Å²) in [5.41, 5.74) is 3.22. The Labute approximate surface area is 208 Å². The fraction of sp³-hybridized carbons (Fsp3) is 0.462. The Morgan fingerprint density at radius 1 is 1.15 bits per heavy atom. The number of carbonyl (C=O) groups excluding carboxylic acids is 1. The zero-order valence-electron chi connectivity index (χ0n) is 20.5.